The van der Waals surface area contributed by atoms with Crippen LogP contribution in [0.15, 0.2) is 23.1 Å². The van der Waals surface area contributed by atoms with Gasteiger partial charge in [-0.15, -0.1) is 11.8 Å². The molecule has 0 aliphatic heterocycles. The topological polar surface area (TPSA) is 55.1 Å². The number of benzene rings is 1. The smallest absolute Gasteiger partial charge is 0.230 e. The zero-order valence-electron chi connectivity index (χ0n) is 9.41. The predicted molar refractivity (Wildman–Crippen MR) is 72.3 cm³/mol. The molecular weight excluding hydrogens is 256 g/mol. The number of rotatable bonds is 5. The van der Waals surface area contributed by atoms with Gasteiger partial charge in [0.05, 0.1) is 10.8 Å². The lowest BCUT2D eigenvalue weighted by atomic mass is 10.3. The van der Waals surface area contributed by atoms with Gasteiger partial charge in [0.2, 0.25) is 5.91 Å². The molecule has 1 saturated carbocycles. The summed E-state index contributed by atoms with van der Waals surface area (Å²) in [5.41, 5.74) is 6.43. The number of hydrogen-bond acceptors (Lipinski definition) is 3. The fourth-order valence-electron chi connectivity index (χ4n) is 1.45. The molecule has 0 saturated heterocycles. The first-order valence-electron chi connectivity index (χ1n) is 5.60. The maximum absolute atomic E-state index is 11.6. The molecule has 0 bridgehead atoms. The van der Waals surface area contributed by atoms with Gasteiger partial charge in [-0.05, 0) is 30.9 Å². The average Bonchev–Trinajstić information content (AvgIpc) is 3.09. The average molecular weight is 271 g/mol. The first-order chi connectivity index (χ1) is 8.16. The van der Waals surface area contributed by atoms with Gasteiger partial charge in [0, 0.05) is 17.1 Å². The molecule has 1 aromatic carbocycles. The van der Waals surface area contributed by atoms with E-state index in [4.69, 9.17) is 17.3 Å². The summed E-state index contributed by atoms with van der Waals surface area (Å²) < 4.78 is 0. The summed E-state index contributed by atoms with van der Waals surface area (Å²) in [5, 5.41) is 3.51. The third kappa shape index (κ3) is 3.82. The lowest BCUT2D eigenvalue weighted by Gasteiger charge is -2.07. The minimum atomic E-state index is 0.0428. The number of nitrogen functional groups attached to an aromatic ring is 1. The normalized spacial score (nSPS) is 14.6. The Labute approximate surface area is 110 Å². The van der Waals surface area contributed by atoms with Crippen molar-refractivity contribution in [2.24, 2.45) is 5.92 Å². The molecule has 0 spiro atoms. The van der Waals surface area contributed by atoms with Crippen molar-refractivity contribution >= 4 is 35.0 Å². The summed E-state index contributed by atoms with van der Waals surface area (Å²) in [7, 11) is 0. The number of amides is 1. The third-order valence-corrected chi connectivity index (χ3v) is 4.21. The van der Waals surface area contributed by atoms with Crippen molar-refractivity contribution in [3.05, 3.63) is 23.2 Å². The van der Waals surface area contributed by atoms with Gasteiger partial charge in [-0.3, -0.25) is 4.79 Å². The van der Waals surface area contributed by atoms with Crippen LogP contribution in [-0.2, 0) is 4.79 Å². The summed E-state index contributed by atoms with van der Waals surface area (Å²) in [6.45, 7) is 0.803. The van der Waals surface area contributed by atoms with Crippen molar-refractivity contribution in [3.63, 3.8) is 0 Å². The monoisotopic (exact) mass is 270 g/mol. The Kier molecular flexibility index (Phi) is 4.18. The maximum atomic E-state index is 11.6. The fourth-order valence-corrected chi connectivity index (χ4v) is 2.61. The molecule has 1 aliphatic rings. The molecule has 1 aromatic rings. The van der Waals surface area contributed by atoms with E-state index >= 15 is 0 Å². The van der Waals surface area contributed by atoms with Crippen LogP contribution < -0.4 is 11.1 Å². The molecule has 0 aromatic heterocycles. The van der Waals surface area contributed by atoms with Gasteiger partial charge in [-0.25, -0.2) is 0 Å². The Morgan fingerprint density at radius 2 is 2.29 bits per heavy atom. The SMILES string of the molecule is Nc1cccc(Cl)c1SCC(=O)NCC1CC1. The molecule has 92 valence electrons. The molecule has 0 atom stereocenters. The highest BCUT2D eigenvalue weighted by Gasteiger charge is 2.21. The maximum Gasteiger partial charge on any atom is 0.230 e. The predicted octanol–water partition coefficient (Wildman–Crippen LogP) is 2.54. The second-order valence-electron chi connectivity index (χ2n) is 4.19. The second-order valence-corrected chi connectivity index (χ2v) is 5.59. The highest BCUT2D eigenvalue weighted by Crippen LogP contribution is 2.32. The van der Waals surface area contributed by atoms with Crippen LogP contribution in [0.3, 0.4) is 0 Å². The highest BCUT2D eigenvalue weighted by molar-refractivity contribution is 8.00. The Balaban J connectivity index is 1.81. The van der Waals surface area contributed by atoms with Crippen LogP contribution in [-0.4, -0.2) is 18.2 Å². The van der Waals surface area contributed by atoms with Gasteiger partial charge in [0.25, 0.3) is 0 Å². The molecule has 1 amide bonds. The standard InChI is InChI=1S/C12H15ClN2OS/c13-9-2-1-3-10(14)12(9)17-7-11(16)15-6-8-4-5-8/h1-3,8H,4-7,14H2,(H,15,16). The number of halogens is 1. The van der Waals surface area contributed by atoms with Crippen molar-refractivity contribution in [2.75, 3.05) is 18.0 Å². The van der Waals surface area contributed by atoms with E-state index in [0.717, 1.165) is 11.4 Å². The van der Waals surface area contributed by atoms with Crippen LogP contribution in [0.2, 0.25) is 5.02 Å². The largest absolute Gasteiger partial charge is 0.398 e. The third-order valence-electron chi connectivity index (χ3n) is 2.63. The molecule has 0 radical (unpaired) electrons. The van der Waals surface area contributed by atoms with Gasteiger partial charge < -0.3 is 11.1 Å². The number of thioether (sulfide) groups is 1. The Morgan fingerprint density at radius 3 is 2.94 bits per heavy atom. The zero-order chi connectivity index (χ0) is 12.3. The highest BCUT2D eigenvalue weighted by atomic mass is 35.5. The summed E-state index contributed by atoms with van der Waals surface area (Å²) in [5.74, 6) is 1.11. The van der Waals surface area contributed by atoms with Crippen LogP contribution in [0, 0.1) is 5.92 Å². The summed E-state index contributed by atoms with van der Waals surface area (Å²) in [4.78, 5) is 12.3. The van der Waals surface area contributed by atoms with E-state index in [-0.39, 0.29) is 5.91 Å². The Hall–Kier alpha value is -0.870. The van der Waals surface area contributed by atoms with E-state index in [1.165, 1.54) is 24.6 Å². The molecule has 17 heavy (non-hydrogen) atoms. The molecular formula is C12H15ClN2OS. The van der Waals surface area contributed by atoms with Crippen LogP contribution in [0.5, 0.6) is 0 Å². The quantitative estimate of drug-likeness (QED) is 0.639. The van der Waals surface area contributed by atoms with Gasteiger partial charge >= 0.3 is 0 Å². The van der Waals surface area contributed by atoms with Gasteiger partial charge in [0.1, 0.15) is 0 Å². The van der Waals surface area contributed by atoms with E-state index in [1.54, 1.807) is 18.2 Å². The van der Waals surface area contributed by atoms with Crippen LogP contribution >= 0.6 is 23.4 Å². The van der Waals surface area contributed by atoms with Crippen molar-refractivity contribution in [1.29, 1.82) is 0 Å². The molecule has 1 fully saturated rings. The number of nitrogens with two attached hydrogens (primary N) is 1. The van der Waals surface area contributed by atoms with Gasteiger partial charge in [-0.1, -0.05) is 17.7 Å². The van der Waals surface area contributed by atoms with E-state index < -0.39 is 0 Å². The van der Waals surface area contributed by atoms with Gasteiger partial charge in [-0.2, -0.15) is 0 Å². The van der Waals surface area contributed by atoms with Crippen LogP contribution in [0.25, 0.3) is 0 Å². The van der Waals surface area contributed by atoms with E-state index in [0.29, 0.717) is 22.4 Å². The van der Waals surface area contributed by atoms with Crippen LogP contribution in [0.1, 0.15) is 12.8 Å². The molecule has 3 nitrogen and oxygen atoms in total. The fraction of sp³-hybridized carbons (Fsp3) is 0.417. The Bertz CT molecular complexity index is 401. The van der Waals surface area contributed by atoms with Crippen molar-refractivity contribution in [2.45, 2.75) is 17.7 Å². The minimum absolute atomic E-state index is 0.0428. The number of nitrogens with one attached hydrogen (secondary N) is 1. The number of hydrogen-bond donors (Lipinski definition) is 2. The molecule has 5 heteroatoms. The van der Waals surface area contributed by atoms with Crippen LogP contribution in [0.4, 0.5) is 5.69 Å². The molecule has 0 unspecified atom stereocenters. The second kappa shape index (κ2) is 5.65. The Morgan fingerprint density at radius 1 is 1.53 bits per heavy atom. The lowest BCUT2D eigenvalue weighted by molar-refractivity contribution is -0.118. The first kappa shape index (κ1) is 12.6. The first-order valence-corrected chi connectivity index (χ1v) is 6.96. The van der Waals surface area contributed by atoms with E-state index in [2.05, 4.69) is 5.32 Å². The molecule has 2 rings (SSSR count). The summed E-state index contributed by atoms with van der Waals surface area (Å²) >= 11 is 7.40. The number of carbonyl (C=O) groups excluding carboxylic acids is 1. The summed E-state index contributed by atoms with van der Waals surface area (Å²) in [6.07, 6.45) is 2.48. The molecule has 3 N–H and O–H groups in total. The van der Waals surface area contributed by atoms with Gasteiger partial charge in [0.15, 0.2) is 0 Å². The molecule has 0 heterocycles. The number of anilines is 1. The zero-order valence-corrected chi connectivity index (χ0v) is 11.0. The van der Waals surface area contributed by atoms with Crippen molar-refractivity contribution < 1.29 is 4.79 Å². The summed E-state index contributed by atoms with van der Waals surface area (Å²) in [6, 6.07) is 5.37. The molecule has 1 aliphatic carbocycles. The number of carbonyl (C=O) groups is 1. The van der Waals surface area contributed by atoms with E-state index in [9.17, 15) is 4.79 Å². The van der Waals surface area contributed by atoms with E-state index in [1.807, 2.05) is 0 Å². The van der Waals surface area contributed by atoms with Crippen molar-refractivity contribution in [3.8, 4) is 0 Å². The lowest BCUT2D eigenvalue weighted by Crippen LogP contribution is -2.27. The van der Waals surface area contributed by atoms with Crippen molar-refractivity contribution in [1.82, 2.24) is 5.32 Å². The minimum Gasteiger partial charge on any atom is -0.398 e.